The summed E-state index contributed by atoms with van der Waals surface area (Å²) in [4.78, 5) is 24.6. The lowest BCUT2D eigenvalue weighted by Crippen LogP contribution is -2.25. The average Bonchev–Trinajstić information content (AvgIpc) is 4.27. The molecule has 81 heavy (non-hydrogen) atoms. The van der Waals surface area contributed by atoms with Gasteiger partial charge >= 0.3 is 11.9 Å². The van der Waals surface area contributed by atoms with Crippen LogP contribution < -0.4 is 18.1 Å². The molecule has 4 heterocycles. The van der Waals surface area contributed by atoms with Gasteiger partial charge in [-0.25, -0.2) is 52.8 Å². The predicted molar refractivity (Wildman–Crippen MR) is 298 cm³/mol. The lowest BCUT2D eigenvalue weighted by Gasteiger charge is -2.21. The van der Waals surface area contributed by atoms with E-state index in [1.54, 1.807) is 84.3 Å². The number of aromatic carboxylic acids is 1. The molecule has 2 saturated heterocycles. The van der Waals surface area contributed by atoms with Crippen LogP contribution >= 0.6 is 31.9 Å². The summed E-state index contributed by atoms with van der Waals surface area (Å²) in [6.07, 6.45) is 0.888. The van der Waals surface area contributed by atoms with Crippen LogP contribution in [0.1, 0.15) is 56.1 Å². The zero-order valence-corrected chi connectivity index (χ0v) is 47.8. The molecule has 8 aromatic rings. The first-order valence-corrected chi connectivity index (χ1v) is 29.4. The third-order valence-electron chi connectivity index (χ3n) is 13.3. The van der Waals surface area contributed by atoms with Gasteiger partial charge in [0.25, 0.3) is 0 Å². The molecule has 422 valence electrons. The van der Waals surface area contributed by atoms with Crippen molar-refractivity contribution < 1.29 is 72.1 Å². The summed E-state index contributed by atoms with van der Waals surface area (Å²) in [5.41, 5.74) is 4.29. The van der Waals surface area contributed by atoms with E-state index in [4.69, 9.17) is 14.2 Å². The maximum Gasteiger partial charge on any atom is 0.337 e. The lowest BCUT2D eigenvalue weighted by molar-refractivity contribution is 0.0599. The molecule has 0 radical (unpaired) electrons. The number of halogens is 8. The van der Waals surface area contributed by atoms with Gasteiger partial charge < -0.3 is 28.5 Å². The van der Waals surface area contributed by atoms with E-state index in [0.717, 1.165) is 5.69 Å². The van der Waals surface area contributed by atoms with Crippen molar-refractivity contribution in [3.05, 3.63) is 199 Å². The lowest BCUT2D eigenvalue weighted by atomic mass is 10.1. The highest BCUT2D eigenvalue weighted by Gasteiger charge is 2.32. The number of hydrogen-bond acceptors (Lipinski definition) is 9. The number of carboxylic acid groups (broad SMARTS) is 1. The number of sulfonamides is 2. The van der Waals surface area contributed by atoms with Gasteiger partial charge in [0.05, 0.1) is 63.6 Å². The quantitative estimate of drug-likeness (QED) is 0.0818. The van der Waals surface area contributed by atoms with Crippen LogP contribution in [0.4, 0.5) is 37.7 Å². The van der Waals surface area contributed by atoms with Crippen LogP contribution in [0.2, 0.25) is 0 Å². The molecule has 1 N–H and O–H groups in total. The number of aromatic nitrogens is 2. The first-order valence-electron chi connectivity index (χ1n) is 24.6. The highest BCUT2D eigenvalue weighted by atomic mass is 79.9. The summed E-state index contributed by atoms with van der Waals surface area (Å²) >= 11 is 6.89. The summed E-state index contributed by atoms with van der Waals surface area (Å²) in [5.74, 6) is -7.70. The number of hydrogen-bond donors (Lipinski definition) is 1. The van der Waals surface area contributed by atoms with Crippen molar-refractivity contribution in [2.75, 3.05) is 40.3 Å². The first-order chi connectivity index (χ1) is 38.4. The maximum atomic E-state index is 14.3. The normalized spacial score (nSPS) is 14.4. The highest BCUT2D eigenvalue weighted by Crippen LogP contribution is 2.40. The van der Waals surface area contributed by atoms with Crippen LogP contribution in [0.25, 0.3) is 33.9 Å². The number of anilines is 2. The molecule has 24 heteroatoms. The molecular formula is C57H46Br2F6N4O10S2. The van der Waals surface area contributed by atoms with Gasteiger partial charge in [0.1, 0.15) is 59.6 Å². The van der Waals surface area contributed by atoms with Crippen LogP contribution in [0.3, 0.4) is 0 Å². The van der Waals surface area contributed by atoms with E-state index >= 15 is 0 Å². The van der Waals surface area contributed by atoms with E-state index in [-0.39, 0.29) is 52.9 Å². The molecule has 2 aliphatic heterocycles. The molecule has 0 aliphatic carbocycles. The Morgan fingerprint density at radius 1 is 0.531 bits per heavy atom. The van der Waals surface area contributed by atoms with Crippen LogP contribution in [0, 0.1) is 48.8 Å². The highest BCUT2D eigenvalue weighted by molar-refractivity contribution is 9.10. The van der Waals surface area contributed by atoms with Gasteiger partial charge in [0.2, 0.25) is 20.0 Å². The van der Waals surface area contributed by atoms with Crippen LogP contribution in [-0.4, -0.2) is 74.7 Å². The van der Waals surface area contributed by atoms with Gasteiger partial charge in [-0.1, -0.05) is 31.9 Å². The monoisotopic (exact) mass is 1280 g/mol. The number of esters is 1. The molecule has 0 unspecified atom stereocenters. The molecule has 2 aromatic heterocycles. The largest absolute Gasteiger partial charge is 0.488 e. The molecule has 2 aliphatic rings. The number of methoxy groups -OCH3 is 1. The second-order valence-electron chi connectivity index (χ2n) is 18.7. The van der Waals surface area contributed by atoms with Crippen LogP contribution in [-0.2, 0) is 38.0 Å². The predicted octanol–water partition coefficient (Wildman–Crippen LogP) is 13.0. The van der Waals surface area contributed by atoms with E-state index < -0.39 is 91.2 Å². The molecule has 10 rings (SSSR count). The Balaban J connectivity index is 0.000000196. The van der Waals surface area contributed by atoms with Gasteiger partial charge in [-0.3, -0.25) is 8.61 Å². The summed E-state index contributed by atoms with van der Waals surface area (Å²) < 4.78 is 158. The number of ether oxygens (including phenoxy) is 3. The Bertz CT molecular complexity index is 4000. The molecule has 0 saturated carbocycles. The van der Waals surface area contributed by atoms with E-state index in [2.05, 4.69) is 31.9 Å². The van der Waals surface area contributed by atoms with E-state index in [1.165, 1.54) is 33.9 Å². The van der Waals surface area contributed by atoms with E-state index in [1.807, 2.05) is 17.6 Å². The Hall–Kier alpha value is -7.54. The second kappa shape index (κ2) is 23.5. The minimum atomic E-state index is -3.58. The smallest absolute Gasteiger partial charge is 0.337 e. The minimum absolute atomic E-state index is 0.00652. The van der Waals surface area contributed by atoms with Crippen molar-refractivity contribution in [3.8, 4) is 45.4 Å². The molecule has 14 nitrogen and oxygen atoms in total. The first kappa shape index (κ1) is 58.1. The van der Waals surface area contributed by atoms with E-state index in [0.29, 0.717) is 91.3 Å². The Morgan fingerprint density at radius 3 is 1.28 bits per heavy atom. The fraction of sp³-hybridized carbons (Fsp3) is 0.193. The van der Waals surface area contributed by atoms with Gasteiger partial charge in [0.15, 0.2) is 0 Å². The fourth-order valence-corrected chi connectivity index (χ4v) is 13.3. The van der Waals surface area contributed by atoms with Crippen LogP contribution in [0.15, 0.2) is 130 Å². The topological polar surface area (TPSA) is 167 Å². The third-order valence-corrected chi connectivity index (χ3v) is 18.0. The second-order valence-corrected chi connectivity index (χ2v) is 24.6. The Morgan fingerprint density at radius 2 is 0.914 bits per heavy atom. The number of benzene rings is 6. The summed E-state index contributed by atoms with van der Waals surface area (Å²) in [5, 5.41) is 9.79. The molecule has 6 aromatic carbocycles. The van der Waals surface area contributed by atoms with Crippen molar-refractivity contribution in [2.24, 2.45) is 0 Å². The molecule has 0 spiro atoms. The molecule has 2 fully saturated rings. The van der Waals surface area contributed by atoms with Gasteiger partial charge in [-0.05, 0) is 124 Å². The van der Waals surface area contributed by atoms with Crippen molar-refractivity contribution in [3.63, 3.8) is 0 Å². The summed E-state index contributed by atoms with van der Waals surface area (Å²) in [6, 6.07) is 28.7. The number of nitrogens with zero attached hydrogens (tertiary/aromatic N) is 4. The van der Waals surface area contributed by atoms with Gasteiger partial charge in [-0.2, -0.15) is 0 Å². The van der Waals surface area contributed by atoms with Crippen LogP contribution in [0.5, 0.6) is 11.5 Å². The number of aryl methyl sites for hydroxylation is 2. The zero-order valence-electron chi connectivity index (χ0n) is 43.0. The number of carbonyl (C=O) groups is 2. The Kier molecular flexibility index (Phi) is 16.9. The molecular weight excluding hydrogens is 1240 g/mol. The van der Waals surface area contributed by atoms with Crippen molar-refractivity contribution in [1.82, 2.24) is 9.13 Å². The number of carbonyl (C=O) groups excluding carboxylic acids is 1. The van der Waals surface area contributed by atoms with Gasteiger partial charge in [0, 0.05) is 80.2 Å². The Labute approximate surface area is 478 Å². The standard InChI is InChI=1S/C29H24BrF3N2O5S.C28H22BrF3N2O5S/c1-17-4-6-27(23-12-19(30)5-7-28(23)40-16-24-25(32)13-20(31)14-26(24)33)35(17)22-11-18(29(36)39-2)10-21(15-22)34-8-3-9-41(34,37)38;1-16-3-5-26(22-11-18(29)4-6-27(22)39-15-23-24(31)12-19(30)13-25(23)32)34(16)21-10-17(28(35)36)9-20(14-21)33-7-2-8-40(33,37)38/h4-7,10-15H,3,8-9,16H2,1-2H3;3-6,9-14H,2,7-8,15H2,1H3,(H,35,36). The summed E-state index contributed by atoms with van der Waals surface area (Å²) in [6.45, 7) is 3.14. The fourth-order valence-electron chi connectivity index (χ4n) is 9.51. The number of carboxylic acids is 1. The third kappa shape index (κ3) is 12.4. The maximum absolute atomic E-state index is 14.3. The number of rotatable bonds is 14. The van der Waals surface area contributed by atoms with Crippen molar-refractivity contribution >= 4 is 75.2 Å². The summed E-state index contributed by atoms with van der Waals surface area (Å²) in [7, 11) is -5.88. The zero-order chi connectivity index (χ0) is 58.2. The van der Waals surface area contributed by atoms with Crippen molar-refractivity contribution in [2.45, 2.75) is 39.9 Å². The minimum Gasteiger partial charge on any atom is -0.488 e. The molecule has 0 amide bonds. The average molecular weight is 1280 g/mol. The molecule has 0 bridgehead atoms. The molecule has 0 atom stereocenters. The van der Waals surface area contributed by atoms with Crippen molar-refractivity contribution in [1.29, 1.82) is 0 Å². The SMILES string of the molecule is COC(=O)c1cc(N2CCCS2(=O)=O)cc(-n2c(C)ccc2-c2cc(Br)ccc2OCc2c(F)cc(F)cc2F)c1.Cc1ccc(-c2cc(Br)ccc2OCc2c(F)cc(F)cc2F)n1-c1cc(C(=O)O)cc(N2CCCS2(=O)=O)c1. The van der Waals surface area contributed by atoms with E-state index in [9.17, 15) is 57.9 Å². The van der Waals surface area contributed by atoms with Gasteiger partial charge in [-0.15, -0.1) is 0 Å².